The lowest BCUT2D eigenvalue weighted by molar-refractivity contribution is -0.125. The van der Waals surface area contributed by atoms with Gasteiger partial charge in [0.05, 0.1) is 6.54 Å². The molecular weight excluding hydrogens is 242 g/mol. The normalized spacial score (nSPS) is 21.1. The Morgan fingerprint density at radius 3 is 2.58 bits per heavy atom. The number of amides is 1. The van der Waals surface area contributed by atoms with Crippen molar-refractivity contribution in [1.29, 1.82) is 0 Å². The van der Waals surface area contributed by atoms with Gasteiger partial charge in [-0.3, -0.25) is 4.79 Å². The summed E-state index contributed by atoms with van der Waals surface area (Å²) in [6.07, 6.45) is 9.18. The van der Waals surface area contributed by atoms with Crippen LogP contribution in [0.1, 0.15) is 69.0 Å². The number of carbonyl (C=O) groups excluding carboxylic acids is 1. The fourth-order valence-corrected chi connectivity index (χ4v) is 3.18. The molecule has 0 bridgehead atoms. The van der Waals surface area contributed by atoms with Crippen LogP contribution in [-0.2, 0) is 11.3 Å². The number of carbonyl (C=O) groups is 1. The van der Waals surface area contributed by atoms with Gasteiger partial charge in [-0.25, -0.2) is 0 Å². The second-order valence-corrected chi connectivity index (χ2v) is 5.73. The fraction of sp³-hybridized carbons (Fsp3) is 0.786. The Morgan fingerprint density at radius 1 is 1.16 bits per heavy atom. The van der Waals surface area contributed by atoms with Crippen LogP contribution in [-0.4, -0.2) is 16.0 Å². The topological polar surface area (TPSA) is 68.0 Å². The van der Waals surface area contributed by atoms with E-state index >= 15 is 0 Å². The lowest BCUT2D eigenvalue weighted by Crippen LogP contribution is -2.29. The van der Waals surface area contributed by atoms with E-state index in [9.17, 15) is 4.79 Å². The molecule has 19 heavy (non-hydrogen) atoms. The van der Waals surface area contributed by atoms with Gasteiger partial charge in [-0.2, -0.15) is 4.98 Å². The Labute approximate surface area is 113 Å². The lowest BCUT2D eigenvalue weighted by atomic mass is 10.1. The van der Waals surface area contributed by atoms with Crippen LogP contribution in [0.3, 0.4) is 0 Å². The zero-order chi connectivity index (χ0) is 13.1. The van der Waals surface area contributed by atoms with Gasteiger partial charge in [-0.05, 0) is 25.7 Å². The van der Waals surface area contributed by atoms with Crippen LogP contribution in [0.5, 0.6) is 0 Å². The molecule has 2 aliphatic carbocycles. The summed E-state index contributed by atoms with van der Waals surface area (Å²) in [5.74, 6) is 2.13. The average Bonchev–Trinajstić information content (AvgIpc) is 3.14. The molecule has 1 amide bonds. The molecule has 0 saturated heterocycles. The summed E-state index contributed by atoms with van der Waals surface area (Å²) in [7, 11) is 0. The lowest BCUT2D eigenvalue weighted by Gasteiger charge is -2.07. The standard InChI is InChI=1S/C14H21N3O2/c18-13(10-5-1-2-6-10)15-9-12-16-14(19-17-12)11-7-3-4-8-11/h10-11H,1-9H2,(H,15,18). The van der Waals surface area contributed by atoms with Crippen molar-refractivity contribution in [2.24, 2.45) is 5.92 Å². The molecule has 0 aromatic carbocycles. The van der Waals surface area contributed by atoms with Crippen molar-refractivity contribution in [3.05, 3.63) is 11.7 Å². The molecule has 5 nitrogen and oxygen atoms in total. The number of hydrogen-bond donors (Lipinski definition) is 1. The van der Waals surface area contributed by atoms with Crippen molar-refractivity contribution >= 4 is 5.91 Å². The molecule has 1 heterocycles. The van der Waals surface area contributed by atoms with Gasteiger partial charge in [0.1, 0.15) is 0 Å². The van der Waals surface area contributed by atoms with Gasteiger partial charge >= 0.3 is 0 Å². The third kappa shape index (κ3) is 2.96. The van der Waals surface area contributed by atoms with Crippen LogP contribution in [0.25, 0.3) is 0 Å². The Bertz CT molecular complexity index is 432. The van der Waals surface area contributed by atoms with Gasteiger partial charge in [0, 0.05) is 11.8 Å². The van der Waals surface area contributed by atoms with E-state index in [2.05, 4.69) is 15.5 Å². The first-order valence-electron chi connectivity index (χ1n) is 7.43. The van der Waals surface area contributed by atoms with Gasteiger partial charge in [0.15, 0.2) is 5.82 Å². The molecule has 1 N–H and O–H groups in total. The van der Waals surface area contributed by atoms with Crippen LogP contribution in [0.4, 0.5) is 0 Å². The van der Waals surface area contributed by atoms with Crippen molar-refractivity contribution in [2.45, 2.75) is 63.8 Å². The van der Waals surface area contributed by atoms with Gasteiger partial charge in [0.25, 0.3) is 0 Å². The number of nitrogens with zero attached hydrogens (tertiary/aromatic N) is 2. The zero-order valence-electron chi connectivity index (χ0n) is 11.2. The van der Waals surface area contributed by atoms with Gasteiger partial charge in [0.2, 0.25) is 11.8 Å². The molecule has 1 aromatic heterocycles. The first-order valence-corrected chi connectivity index (χ1v) is 7.43. The van der Waals surface area contributed by atoms with Crippen molar-refractivity contribution < 1.29 is 9.32 Å². The summed E-state index contributed by atoms with van der Waals surface area (Å²) in [6.45, 7) is 0.394. The maximum Gasteiger partial charge on any atom is 0.229 e. The minimum atomic E-state index is 0.143. The van der Waals surface area contributed by atoms with Crippen LogP contribution in [0.2, 0.25) is 0 Å². The highest BCUT2D eigenvalue weighted by Crippen LogP contribution is 2.32. The zero-order valence-corrected chi connectivity index (χ0v) is 11.2. The largest absolute Gasteiger partial charge is 0.348 e. The molecular formula is C14H21N3O2. The van der Waals surface area contributed by atoms with Crippen molar-refractivity contribution in [3.63, 3.8) is 0 Å². The molecule has 0 aliphatic heterocycles. The summed E-state index contributed by atoms with van der Waals surface area (Å²) in [6, 6.07) is 0. The number of nitrogens with one attached hydrogen (secondary N) is 1. The van der Waals surface area contributed by atoms with E-state index in [4.69, 9.17) is 4.52 Å². The summed E-state index contributed by atoms with van der Waals surface area (Å²) < 4.78 is 5.29. The highest BCUT2D eigenvalue weighted by atomic mass is 16.5. The smallest absolute Gasteiger partial charge is 0.229 e. The number of hydrogen-bond acceptors (Lipinski definition) is 4. The minimum absolute atomic E-state index is 0.143. The van der Waals surface area contributed by atoms with E-state index in [1.165, 1.54) is 25.7 Å². The molecule has 5 heteroatoms. The van der Waals surface area contributed by atoms with E-state index in [0.29, 0.717) is 18.3 Å². The SMILES string of the molecule is O=C(NCc1noc(C2CCCC2)n1)C1CCCC1. The van der Waals surface area contributed by atoms with Crippen LogP contribution < -0.4 is 5.32 Å². The predicted octanol–water partition coefficient (Wildman–Crippen LogP) is 2.53. The molecule has 104 valence electrons. The second-order valence-electron chi connectivity index (χ2n) is 5.73. The average molecular weight is 263 g/mol. The summed E-state index contributed by atoms with van der Waals surface area (Å²) in [5.41, 5.74) is 0. The van der Waals surface area contributed by atoms with E-state index in [1.54, 1.807) is 0 Å². The van der Waals surface area contributed by atoms with E-state index in [1.807, 2.05) is 0 Å². The molecule has 0 unspecified atom stereocenters. The molecule has 1 aromatic rings. The maximum atomic E-state index is 11.9. The summed E-state index contributed by atoms with van der Waals surface area (Å²) in [4.78, 5) is 16.3. The molecule has 3 rings (SSSR count). The molecule has 0 radical (unpaired) electrons. The van der Waals surface area contributed by atoms with Gasteiger partial charge < -0.3 is 9.84 Å². The van der Waals surface area contributed by atoms with Gasteiger partial charge in [-0.1, -0.05) is 30.8 Å². The number of rotatable bonds is 4. The Morgan fingerprint density at radius 2 is 1.84 bits per heavy atom. The second kappa shape index (κ2) is 5.72. The summed E-state index contributed by atoms with van der Waals surface area (Å²) >= 11 is 0. The Kier molecular flexibility index (Phi) is 3.80. The van der Waals surface area contributed by atoms with E-state index in [-0.39, 0.29) is 11.8 Å². The summed E-state index contributed by atoms with van der Waals surface area (Å²) in [5, 5.41) is 6.88. The first kappa shape index (κ1) is 12.6. The van der Waals surface area contributed by atoms with E-state index in [0.717, 1.165) is 31.6 Å². The highest BCUT2D eigenvalue weighted by molar-refractivity contribution is 5.78. The predicted molar refractivity (Wildman–Crippen MR) is 69.3 cm³/mol. The Balaban J connectivity index is 1.51. The maximum absolute atomic E-state index is 11.9. The third-order valence-electron chi connectivity index (χ3n) is 4.33. The Hall–Kier alpha value is -1.39. The number of aromatic nitrogens is 2. The van der Waals surface area contributed by atoms with Crippen molar-refractivity contribution in [3.8, 4) is 0 Å². The molecule has 2 saturated carbocycles. The fourth-order valence-electron chi connectivity index (χ4n) is 3.18. The van der Waals surface area contributed by atoms with Crippen LogP contribution in [0, 0.1) is 5.92 Å². The highest BCUT2D eigenvalue weighted by Gasteiger charge is 2.24. The van der Waals surface area contributed by atoms with Crippen LogP contribution in [0.15, 0.2) is 4.52 Å². The molecule has 2 aliphatic rings. The molecule has 2 fully saturated rings. The third-order valence-corrected chi connectivity index (χ3v) is 4.33. The van der Waals surface area contributed by atoms with Crippen LogP contribution >= 0.6 is 0 Å². The van der Waals surface area contributed by atoms with Crippen molar-refractivity contribution in [2.75, 3.05) is 0 Å². The van der Waals surface area contributed by atoms with Gasteiger partial charge in [-0.15, -0.1) is 0 Å². The first-order chi connectivity index (χ1) is 9.33. The van der Waals surface area contributed by atoms with E-state index < -0.39 is 0 Å². The molecule has 0 spiro atoms. The van der Waals surface area contributed by atoms with Crippen molar-refractivity contribution in [1.82, 2.24) is 15.5 Å². The minimum Gasteiger partial charge on any atom is -0.348 e. The quantitative estimate of drug-likeness (QED) is 0.906. The monoisotopic (exact) mass is 263 g/mol. The molecule has 0 atom stereocenters.